The van der Waals surface area contributed by atoms with Crippen LogP contribution in [-0.4, -0.2) is 36.0 Å². The minimum atomic E-state index is -0.713. The maximum Gasteiger partial charge on any atom is 0.331 e. The van der Waals surface area contributed by atoms with Crippen LogP contribution in [0.5, 0.6) is 5.75 Å². The van der Waals surface area contributed by atoms with Gasteiger partial charge in [0.2, 0.25) is 0 Å². The SMILES string of the molecule is C=CCOC(=O)/C=C(\C)C[C@H](O)c1ccc(OCCO)cc1. The maximum atomic E-state index is 11.4. The molecule has 120 valence electrons. The number of hydrogen-bond acceptors (Lipinski definition) is 5. The number of carbonyl (C=O) groups excluding carboxylic acids is 1. The third kappa shape index (κ3) is 6.56. The maximum absolute atomic E-state index is 11.4. The molecule has 1 aromatic carbocycles. The topological polar surface area (TPSA) is 76.0 Å². The number of ether oxygens (including phenoxy) is 2. The summed E-state index contributed by atoms with van der Waals surface area (Å²) < 4.78 is 10.1. The van der Waals surface area contributed by atoms with E-state index in [1.165, 1.54) is 12.2 Å². The van der Waals surface area contributed by atoms with Gasteiger partial charge in [0.15, 0.2) is 0 Å². The highest BCUT2D eigenvalue weighted by Gasteiger charge is 2.10. The minimum absolute atomic E-state index is 0.0453. The lowest BCUT2D eigenvalue weighted by atomic mass is 10.0. The molecular formula is C17H22O5. The predicted molar refractivity (Wildman–Crippen MR) is 83.5 cm³/mol. The Morgan fingerprint density at radius 1 is 1.36 bits per heavy atom. The van der Waals surface area contributed by atoms with E-state index in [1.54, 1.807) is 31.2 Å². The molecule has 0 amide bonds. The molecule has 5 heteroatoms. The fraction of sp³-hybridized carbons (Fsp3) is 0.353. The molecule has 1 atom stereocenters. The van der Waals surface area contributed by atoms with Gasteiger partial charge in [0.25, 0.3) is 0 Å². The van der Waals surface area contributed by atoms with E-state index in [0.717, 1.165) is 11.1 Å². The Bertz CT molecular complexity index is 504. The molecule has 0 aliphatic rings. The van der Waals surface area contributed by atoms with Crippen LogP contribution in [0.15, 0.2) is 48.6 Å². The summed E-state index contributed by atoms with van der Waals surface area (Å²) in [6.07, 6.45) is 2.48. The van der Waals surface area contributed by atoms with Crippen molar-refractivity contribution in [1.29, 1.82) is 0 Å². The second kappa shape index (κ2) is 9.76. The quantitative estimate of drug-likeness (QED) is 0.415. The van der Waals surface area contributed by atoms with E-state index in [2.05, 4.69) is 6.58 Å². The molecule has 0 fully saturated rings. The van der Waals surface area contributed by atoms with Gasteiger partial charge in [-0.05, 0) is 31.0 Å². The number of aliphatic hydroxyl groups is 2. The zero-order chi connectivity index (χ0) is 16.4. The summed E-state index contributed by atoms with van der Waals surface area (Å²) >= 11 is 0. The standard InChI is InChI=1S/C17H22O5/c1-3-9-22-17(20)12-13(2)11-16(19)14-4-6-15(7-5-14)21-10-8-18/h3-7,12,16,18-19H,1,8-11H2,2H3/b13-12+/t16-/m0/s1. The first-order chi connectivity index (χ1) is 10.6. The zero-order valence-corrected chi connectivity index (χ0v) is 12.7. The molecule has 0 saturated heterocycles. The highest BCUT2D eigenvalue weighted by atomic mass is 16.5. The van der Waals surface area contributed by atoms with Gasteiger partial charge in [-0.3, -0.25) is 0 Å². The minimum Gasteiger partial charge on any atom is -0.491 e. The van der Waals surface area contributed by atoms with E-state index in [9.17, 15) is 9.90 Å². The number of esters is 1. The van der Waals surface area contributed by atoms with Crippen molar-refractivity contribution in [3.63, 3.8) is 0 Å². The Labute approximate surface area is 130 Å². The summed E-state index contributed by atoms with van der Waals surface area (Å²) in [4.78, 5) is 11.4. The first-order valence-corrected chi connectivity index (χ1v) is 7.03. The zero-order valence-electron chi connectivity index (χ0n) is 12.7. The first-order valence-electron chi connectivity index (χ1n) is 7.03. The first kappa shape index (κ1) is 17.9. The molecule has 0 aromatic heterocycles. The molecule has 0 aliphatic carbocycles. The molecule has 1 rings (SSSR count). The highest BCUT2D eigenvalue weighted by Crippen LogP contribution is 2.23. The molecule has 0 saturated carbocycles. The van der Waals surface area contributed by atoms with Gasteiger partial charge >= 0.3 is 5.97 Å². The van der Waals surface area contributed by atoms with Gasteiger partial charge < -0.3 is 19.7 Å². The van der Waals surface area contributed by atoms with Crippen LogP contribution in [0.25, 0.3) is 0 Å². The number of benzene rings is 1. The molecule has 0 heterocycles. The third-order valence-electron chi connectivity index (χ3n) is 2.85. The van der Waals surface area contributed by atoms with E-state index < -0.39 is 12.1 Å². The molecule has 22 heavy (non-hydrogen) atoms. The van der Waals surface area contributed by atoms with Gasteiger partial charge in [0, 0.05) is 6.08 Å². The molecular weight excluding hydrogens is 284 g/mol. The molecule has 0 aliphatic heterocycles. The number of rotatable bonds is 9. The van der Waals surface area contributed by atoms with Crippen LogP contribution >= 0.6 is 0 Å². The molecule has 0 radical (unpaired) electrons. The van der Waals surface area contributed by atoms with Crippen LogP contribution in [0, 0.1) is 0 Å². The predicted octanol–water partition coefficient (Wildman–Crippen LogP) is 2.16. The Morgan fingerprint density at radius 2 is 2.05 bits per heavy atom. The second-order valence-corrected chi connectivity index (χ2v) is 4.77. The monoisotopic (exact) mass is 306 g/mol. The van der Waals surface area contributed by atoms with Gasteiger partial charge in [0.05, 0.1) is 12.7 Å². The summed E-state index contributed by atoms with van der Waals surface area (Å²) in [6.45, 7) is 5.58. The van der Waals surface area contributed by atoms with E-state index in [1.807, 2.05) is 0 Å². The van der Waals surface area contributed by atoms with E-state index in [4.69, 9.17) is 14.6 Å². The van der Waals surface area contributed by atoms with Crippen LogP contribution in [0.4, 0.5) is 0 Å². The average molecular weight is 306 g/mol. The smallest absolute Gasteiger partial charge is 0.331 e. The molecule has 0 bridgehead atoms. The van der Waals surface area contributed by atoms with Gasteiger partial charge in [0.1, 0.15) is 19.0 Å². The Morgan fingerprint density at radius 3 is 2.64 bits per heavy atom. The molecule has 0 spiro atoms. The van der Waals surface area contributed by atoms with Gasteiger partial charge in [-0.1, -0.05) is 30.4 Å². The fourth-order valence-electron chi connectivity index (χ4n) is 1.82. The molecule has 1 aromatic rings. The van der Waals surface area contributed by atoms with Crippen LogP contribution < -0.4 is 4.74 Å². The Kier molecular flexibility index (Phi) is 7.96. The normalized spacial score (nSPS) is 12.6. The van der Waals surface area contributed by atoms with E-state index in [0.29, 0.717) is 12.2 Å². The summed E-state index contributed by atoms with van der Waals surface area (Å²) in [5.74, 6) is 0.183. The van der Waals surface area contributed by atoms with Crippen molar-refractivity contribution in [1.82, 2.24) is 0 Å². The van der Waals surface area contributed by atoms with Gasteiger partial charge in [-0.2, -0.15) is 0 Å². The van der Waals surface area contributed by atoms with Crippen molar-refractivity contribution in [2.45, 2.75) is 19.4 Å². The second-order valence-electron chi connectivity index (χ2n) is 4.77. The lowest BCUT2D eigenvalue weighted by Crippen LogP contribution is -2.04. The lowest BCUT2D eigenvalue weighted by Gasteiger charge is -2.12. The van der Waals surface area contributed by atoms with Crippen molar-refractivity contribution in [2.75, 3.05) is 19.8 Å². The number of hydrogen-bond donors (Lipinski definition) is 2. The van der Waals surface area contributed by atoms with E-state index in [-0.39, 0.29) is 19.8 Å². The number of aliphatic hydroxyl groups excluding tert-OH is 2. The van der Waals surface area contributed by atoms with Crippen molar-refractivity contribution in [3.8, 4) is 5.75 Å². The summed E-state index contributed by atoms with van der Waals surface area (Å²) in [7, 11) is 0. The van der Waals surface area contributed by atoms with Crippen molar-refractivity contribution in [3.05, 3.63) is 54.1 Å². The largest absolute Gasteiger partial charge is 0.491 e. The summed E-state index contributed by atoms with van der Waals surface area (Å²) in [5, 5.41) is 18.8. The van der Waals surface area contributed by atoms with Crippen LogP contribution in [0.2, 0.25) is 0 Å². The van der Waals surface area contributed by atoms with Gasteiger partial charge in [-0.15, -0.1) is 0 Å². The third-order valence-corrected chi connectivity index (χ3v) is 2.85. The summed E-state index contributed by atoms with van der Waals surface area (Å²) in [5.41, 5.74) is 1.45. The van der Waals surface area contributed by atoms with Crippen LogP contribution in [0.1, 0.15) is 25.0 Å². The Balaban J connectivity index is 2.56. The molecule has 0 unspecified atom stereocenters. The van der Waals surface area contributed by atoms with Crippen LogP contribution in [0.3, 0.4) is 0 Å². The summed E-state index contributed by atoms with van der Waals surface area (Å²) in [6, 6.07) is 6.96. The average Bonchev–Trinajstić information content (AvgIpc) is 2.51. The number of carbonyl (C=O) groups is 1. The van der Waals surface area contributed by atoms with Gasteiger partial charge in [-0.25, -0.2) is 4.79 Å². The van der Waals surface area contributed by atoms with Crippen molar-refractivity contribution in [2.24, 2.45) is 0 Å². The van der Waals surface area contributed by atoms with Crippen LogP contribution in [-0.2, 0) is 9.53 Å². The Hall–Kier alpha value is -2.11. The molecule has 5 nitrogen and oxygen atoms in total. The lowest BCUT2D eigenvalue weighted by molar-refractivity contribution is -0.136. The molecule has 2 N–H and O–H groups in total. The van der Waals surface area contributed by atoms with Crippen molar-refractivity contribution >= 4 is 5.97 Å². The highest BCUT2D eigenvalue weighted by molar-refractivity contribution is 5.82. The van der Waals surface area contributed by atoms with Crippen molar-refractivity contribution < 1.29 is 24.5 Å². The van der Waals surface area contributed by atoms with E-state index >= 15 is 0 Å². The fourth-order valence-corrected chi connectivity index (χ4v) is 1.82.